The first kappa shape index (κ1) is 27.0. The lowest BCUT2D eigenvalue weighted by molar-refractivity contribution is -0.124. The molecule has 0 spiro atoms. The summed E-state index contributed by atoms with van der Waals surface area (Å²) in [6, 6.07) is 17.9. The van der Waals surface area contributed by atoms with Crippen LogP contribution in [0.3, 0.4) is 0 Å². The van der Waals surface area contributed by atoms with Crippen molar-refractivity contribution in [2.45, 2.75) is 13.0 Å². The van der Waals surface area contributed by atoms with Gasteiger partial charge in [-0.15, -0.1) is 11.3 Å². The normalized spacial score (nSPS) is 17.2. The fraction of sp³-hybridized carbons (Fsp3) is 0.344. The highest BCUT2D eigenvalue weighted by molar-refractivity contribution is 7.26. The Morgan fingerprint density at radius 3 is 2.45 bits per heavy atom. The Morgan fingerprint density at radius 2 is 1.67 bits per heavy atom. The van der Waals surface area contributed by atoms with E-state index in [0.29, 0.717) is 51.0 Å². The largest absolute Gasteiger partial charge is 0.379 e. The van der Waals surface area contributed by atoms with E-state index in [1.165, 1.54) is 0 Å². The number of thiophene rings is 1. The van der Waals surface area contributed by atoms with E-state index in [0.717, 1.165) is 50.1 Å². The third kappa shape index (κ3) is 4.74. The second-order valence-corrected chi connectivity index (χ2v) is 11.9. The maximum Gasteiger partial charge on any atom is 0.259 e. The Hall–Kier alpha value is -3.83. The van der Waals surface area contributed by atoms with Crippen molar-refractivity contribution in [3.63, 3.8) is 0 Å². The highest BCUT2D eigenvalue weighted by Crippen LogP contribution is 2.42. The smallest absolute Gasteiger partial charge is 0.259 e. The van der Waals surface area contributed by atoms with Crippen LogP contribution in [0.25, 0.3) is 36.9 Å². The number of hydrogen-bond acceptors (Lipinski definition) is 8. The second-order valence-electron chi connectivity index (χ2n) is 10.9. The first-order valence-corrected chi connectivity index (χ1v) is 15.2. The van der Waals surface area contributed by atoms with Gasteiger partial charge >= 0.3 is 0 Å². The third-order valence-corrected chi connectivity index (χ3v) is 9.67. The molecule has 2 aromatic carbocycles. The predicted octanol–water partition coefficient (Wildman–Crippen LogP) is 4.25. The van der Waals surface area contributed by atoms with Crippen molar-refractivity contribution in [3.05, 3.63) is 71.1 Å². The van der Waals surface area contributed by atoms with Gasteiger partial charge in [-0.1, -0.05) is 18.2 Å². The average molecular weight is 584 g/mol. The molecule has 5 heterocycles. The molecule has 1 unspecified atom stereocenters. The average Bonchev–Trinajstić information content (AvgIpc) is 3.42. The molecule has 216 valence electrons. The van der Waals surface area contributed by atoms with Gasteiger partial charge in [0.25, 0.3) is 5.56 Å². The number of pyridine rings is 1. The van der Waals surface area contributed by atoms with Crippen LogP contribution in [0.4, 0.5) is 11.5 Å². The Bertz CT molecular complexity index is 1860. The molecule has 0 saturated carbocycles. The lowest BCUT2D eigenvalue weighted by Gasteiger charge is -2.33. The van der Waals surface area contributed by atoms with Crippen LogP contribution >= 0.6 is 11.3 Å². The molecule has 9 nitrogen and oxygen atoms in total. The Morgan fingerprint density at radius 1 is 0.929 bits per heavy atom. The SMILES string of the molecule is CC(C(=O)N(C)c1ccc2sc3c(-c4cccn5c(=O)cc(N6CCOCC6)nc45)cccc3c2c1)N1CCOCC1. The minimum Gasteiger partial charge on any atom is -0.379 e. The molecule has 1 atom stereocenters. The van der Waals surface area contributed by atoms with Gasteiger partial charge in [0.05, 0.1) is 32.5 Å². The number of aromatic nitrogens is 2. The van der Waals surface area contributed by atoms with E-state index >= 15 is 0 Å². The molecule has 2 saturated heterocycles. The zero-order chi connectivity index (χ0) is 28.8. The minimum absolute atomic E-state index is 0.0693. The maximum atomic E-state index is 13.4. The van der Waals surface area contributed by atoms with Crippen molar-refractivity contribution < 1.29 is 14.3 Å². The van der Waals surface area contributed by atoms with Gasteiger partial charge in [-0.3, -0.25) is 18.9 Å². The molecule has 3 aromatic heterocycles. The zero-order valence-corrected chi connectivity index (χ0v) is 24.6. The molecule has 0 aliphatic carbocycles. The van der Waals surface area contributed by atoms with Gasteiger partial charge < -0.3 is 19.3 Å². The summed E-state index contributed by atoms with van der Waals surface area (Å²) in [6.45, 7) is 7.49. The molecule has 0 N–H and O–H groups in total. The number of morpholine rings is 2. The Labute approximate surface area is 247 Å². The van der Waals surface area contributed by atoms with Gasteiger partial charge in [-0.25, -0.2) is 4.98 Å². The van der Waals surface area contributed by atoms with Crippen molar-refractivity contribution in [2.75, 3.05) is 69.5 Å². The van der Waals surface area contributed by atoms with Crippen LogP contribution < -0.4 is 15.4 Å². The number of nitrogens with zero attached hydrogens (tertiary/aromatic N) is 5. The fourth-order valence-corrected chi connectivity index (χ4v) is 7.22. The number of fused-ring (bicyclic) bond motifs is 4. The van der Waals surface area contributed by atoms with Crippen LogP contribution in [0.2, 0.25) is 0 Å². The predicted molar refractivity (Wildman–Crippen MR) is 168 cm³/mol. The molecule has 0 bridgehead atoms. The van der Waals surface area contributed by atoms with E-state index in [9.17, 15) is 9.59 Å². The summed E-state index contributed by atoms with van der Waals surface area (Å²) < 4.78 is 14.9. The molecule has 7 rings (SSSR count). The highest BCUT2D eigenvalue weighted by Gasteiger charge is 2.27. The number of rotatable bonds is 5. The molecule has 42 heavy (non-hydrogen) atoms. The van der Waals surface area contributed by atoms with Crippen LogP contribution in [0.15, 0.2) is 65.6 Å². The molecule has 5 aromatic rings. The number of likely N-dealkylation sites (N-methyl/N-ethyl adjacent to an activating group) is 1. The summed E-state index contributed by atoms with van der Waals surface area (Å²) >= 11 is 1.72. The van der Waals surface area contributed by atoms with E-state index < -0.39 is 0 Å². The molecule has 0 radical (unpaired) electrons. The quantitative estimate of drug-likeness (QED) is 0.306. The van der Waals surface area contributed by atoms with Crippen molar-refractivity contribution in [1.82, 2.24) is 14.3 Å². The number of carbonyl (C=O) groups is 1. The maximum absolute atomic E-state index is 13.4. The number of anilines is 2. The first-order chi connectivity index (χ1) is 20.5. The van der Waals surface area contributed by atoms with E-state index in [-0.39, 0.29) is 17.5 Å². The molecular formula is C32H33N5O4S. The Kier molecular flexibility index (Phi) is 7.15. The first-order valence-electron chi connectivity index (χ1n) is 14.4. The van der Waals surface area contributed by atoms with Crippen LogP contribution in [-0.2, 0) is 14.3 Å². The van der Waals surface area contributed by atoms with Gasteiger partial charge in [0.15, 0.2) is 0 Å². The van der Waals surface area contributed by atoms with E-state index in [1.807, 2.05) is 32.2 Å². The fourth-order valence-electron chi connectivity index (χ4n) is 6.01. The van der Waals surface area contributed by atoms with Gasteiger partial charge in [0.1, 0.15) is 11.5 Å². The summed E-state index contributed by atoms with van der Waals surface area (Å²) in [5, 5.41) is 2.22. The summed E-state index contributed by atoms with van der Waals surface area (Å²) in [5.41, 5.74) is 3.35. The number of benzene rings is 2. The van der Waals surface area contributed by atoms with Gasteiger partial charge in [0, 0.05) is 82.5 Å². The molecule has 1 amide bonds. The van der Waals surface area contributed by atoms with Crippen molar-refractivity contribution >= 4 is 54.6 Å². The molecular weight excluding hydrogens is 550 g/mol. The van der Waals surface area contributed by atoms with Crippen molar-refractivity contribution in [1.29, 1.82) is 0 Å². The monoisotopic (exact) mass is 583 g/mol. The van der Waals surface area contributed by atoms with E-state index in [4.69, 9.17) is 14.5 Å². The number of amides is 1. The van der Waals surface area contributed by atoms with Gasteiger partial charge in [-0.2, -0.15) is 0 Å². The molecule has 10 heteroatoms. The molecule has 2 aliphatic rings. The second kappa shape index (κ2) is 11.1. The van der Waals surface area contributed by atoms with Crippen molar-refractivity contribution in [3.8, 4) is 11.1 Å². The summed E-state index contributed by atoms with van der Waals surface area (Å²) in [4.78, 5) is 37.6. The van der Waals surface area contributed by atoms with Crippen LogP contribution in [0.1, 0.15) is 6.92 Å². The lowest BCUT2D eigenvalue weighted by Crippen LogP contribution is -2.50. The Balaban J connectivity index is 1.29. The minimum atomic E-state index is -0.218. The summed E-state index contributed by atoms with van der Waals surface area (Å²) in [6.07, 6.45) is 1.78. The van der Waals surface area contributed by atoms with Crippen molar-refractivity contribution in [2.24, 2.45) is 0 Å². The number of ether oxygens (including phenoxy) is 2. The van der Waals surface area contributed by atoms with Crippen LogP contribution in [0, 0.1) is 0 Å². The standard InChI is InChI=1S/C32H33N5O4S/c1-21(35-11-15-40-16-12-35)32(39)34(2)22-8-9-27-26(19-22)24-6-3-5-23(30(24)42-27)25-7-4-10-37-29(38)20-28(33-31(25)37)36-13-17-41-18-14-36/h3-10,19-21H,11-18H2,1-2H3. The van der Waals surface area contributed by atoms with Gasteiger partial charge in [-0.05, 0) is 37.3 Å². The lowest BCUT2D eigenvalue weighted by atomic mass is 10.0. The summed E-state index contributed by atoms with van der Waals surface area (Å²) in [5.74, 6) is 0.753. The topological polar surface area (TPSA) is 79.6 Å². The van der Waals surface area contributed by atoms with Gasteiger partial charge in [0.2, 0.25) is 5.91 Å². The van der Waals surface area contributed by atoms with Crippen LogP contribution in [-0.4, -0.2) is 85.9 Å². The third-order valence-electron chi connectivity index (χ3n) is 8.45. The molecule has 2 aliphatic heterocycles. The van der Waals surface area contributed by atoms with E-state index in [1.54, 1.807) is 32.9 Å². The van der Waals surface area contributed by atoms with Crippen LogP contribution in [0.5, 0.6) is 0 Å². The number of carbonyl (C=O) groups excluding carboxylic acids is 1. The molecule has 2 fully saturated rings. The summed E-state index contributed by atoms with van der Waals surface area (Å²) in [7, 11) is 1.85. The number of hydrogen-bond donors (Lipinski definition) is 0. The highest BCUT2D eigenvalue weighted by atomic mass is 32.1. The zero-order valence-electron chi connectivity index (χ0n) is 23.8. The van der Waals surface area contributed by atoms with E-state index in [2.05, 4.69) is 40.1 Å².